The van der Waals surface area contributed by atoms with Crippen LogP contribution < -0.4 is 0 Å². The number of amides is 3. The van der Waals surface area contributed by atoms with Gasteiger partial charge in [0.05, 0.1) is 32.1 Å². The van der Waals surface area contributed by atoms with Crippen LogP contribution in [0.4, 0.5) is 4.79 Å². The van der Waals surface area contributed by atoms with Gasteiger partial charge in [-0.05, 0) is 75.7 Å². The Labute approximate surface area is 272 Å². The maximum atomic E-state index is 14.3. The lowest BCUT2D eigenvalue weighted by molar-refractivity contribution is -0.126. The van der Waals surface area contributed by atoms with Gasteiger partial charge in [0.1, 0.15) is 5.76 Å². The number of urea groups is 1. The highest BCUT2D eigenvalue weighted by Crippen LogP contribution is 2.45. The van der Waals surface area contributed by atoms with Crippen molar-refractivity contribution in [2.24, 2.45) is 10.9 Å². The summed E-state index contributed by atoms with van der Waals surface area (Å²) in [5.74, 6) is 1.43. The van der Waals surface area contributed by atoms with Crippen LogP contribution in [0.2, 0.25) is 0 Å². The first-order valence-corrected chi connectivity index (χ1v) is 16.1. The number of likely N-dealkylation sites (N-methyl/N-ethyl adjacent to an activating group) is 2. The van der Waals surface area contributed by atoms with E-state index in [1.807, 2.05) is 74.9 Å². The Hall–Kier alpha value is -3.81. The summed E-state index contributed by atoms with van der Waals surface area (Å²) in [6.45, 7) is 17.8. The van der Waals surface area contributed by atoms with Crippen LogP contribution in [-0.4, -0.2) is 86.3 Å². The number of hydrogen-bond donors (Lipinski definition) is 0. The van der Waals surface area contributed by atoms with Gasteiger partial charge in [0.15, 0.2) is 0 Å². The smallest absolute Gasteiger partial charge is 0.325 e. The third-order valence-corrected chi connectivity index (χ3v) is 8.76. The Morgan fingerprint density at radius 1 is 1.20 bits per heavy atom. The van der Waals surface area contributed by atoms with E-state index >= 15 is 0 Å². The van der Waals surface area contributed by atoms with Gasteiger partial charge >= 0.3 is 6.03 Å². The molecule has 3 amide bonds. The van der Waals surface area contributed by atoms with E-state index in [1.54, 1.807) is 32.4 Å². The molecule has 1 unspecified atom stereocenters. The molecule has 45 heavy (non-hydrogen) atoms. The average Bonchev–Trinajstić information content (AvgIpc) is 3.22. The van der Waals surface area contributed by atoms with Crippen molar-refractivity contribution in [2.75, 3.05) is 47.9 Å². The van der Waals surface area contributed by atoms with Gasteiger partial charge in [-0.3, -0.25) is 9.69 Å². The van der Waals surface area contributed by atoms with E-state index < -0.39 is 5.54 Å². The molecule has 1 saturated heterocycles. The summed E-state index contributed by atoms with van der Waals surface area (Å²) in [6, 6.07) is -0.0201. The van der Waals surface area contributed by atoms with Gasteiger partial charge < -0.3 is 24.3 Å². The van der Waals surface area contributed by atoms with E-state index in [2.05, 4.69) is 31.5 Å². The zero-order valence-corrected chi connectivity index (χ0v) is 29.4. The molecule has 0 spiro atoms. The second-order valence-corrected chi connectivity index (χ2v) is 11.9. The van der Waals surface area contributed by atoms with Crippen LogP contribution in [0.25, 0.3) is 0 Å². The molecule has 2 atom stereocenters. The maximum Gasteiger partial charge on any atom is 0.325 e. The van der Waals surface area contributed by atoms with Gasteiger partial charge in [0, 0.05) is 51.1 Å². The molecule has 8 heteroatoms. The highest BCUT2D eigenvalue weighted by molar-refractivity contribution is 5.97. The molecule has 0 N–H and O–H groups in total. The number of fused-ring (bicyclic) bond motifs is 1. The first-order valence-electron chi connectivity index (χ1n) is 16.1. The topological polar surface area (TPSA) is 74.7 Å². The van der Waals surface area contributed by atoms with Gasteiger partial charge in [0.2, 0.25) is 5.91 Å². The Morgan fingerprint density at radius 3 is 2.49 bits per heavy atom. The minimum atomic E-state index is -0.542. The SMILES string of the molecule is C=C(OC)/C1=C(\C=C(/C)OC)CN2C(=O)N(CC)C(CCC)(CCN(C)C(=O)\C(CC=NC)=C(C)/C=C\C=C/C)/C2=C/[C@H](C)C1. The summed E-state index contributed by atoms with van der Waals surface area (Å²) in [5, 5.41) is 0. The Balaban J connectivity index is 2.59. The van der Waals surface area contributed by atoms with Gasteiger partial charge in [-0.25, -0.2) is 4.79 Å². The Bertz CT molecular complexity index is 1300. The molecule has 0 aliphatic carbocycles. The van der Waals surface area contributed by atoms with Crippen molar-refractivity contribution in [3.05, 3.63) is 82.5 Å². The van der Waals surface area contributed by atoms with Crippen molar-refractivity contribution in [1.29, 1.82) is 0 Å². The quantitative estimate of drug-likeness (QED) is 0.0818. The van der Waals surface area contributed by atoms with Crippen LogP contribution in [0.1, 0.15) is 73.6 Å². The number of aliphatic imine (C=N–C) groups is 1. The van der Waals surface area contributed by atoms with Gasteiger partial charge in [-0.15, -0.1) is 0 Å². The Morgan fingerprint density at radius 2 is 1.91 bits per heavy atom. The van der Waals surface area contributed by atoms with Crippen LogP contribution >= 0.6 is 0 Å². The second-order valence-electron chi connectivity index (χ2n) is 11.9. The molecule has 2 rings (SSSR count). The Kier molecular flexibility index (Phi) is 14.6. The summed E-state index contributed by atoms with van der Waals surface area (Å²) in [5.41, 5.74) is 4.04. The second kappa shape index (κ2) is 17.6. The normalized spacial score (nSPS) is 24.5. The van der Waals surface area contributed by atoms with E-state index in [0.29, 0.717) is 43.8 Å². The van der Waals surface area contributed by atoms with Crippen LogP contribution in [-0.2, 0) is 14.3 Å². The number of nitrogens with zero attached hydrogens (tertiary/aromatic N) is 4. The van der Waals surface area contributed by atoms with Gasteiger partial charge in [-0.2, -0.15) is 0 Å². The largest absolute Gasteiger partial charge is 0.501 e. The molecule has 0 radical (unpaired) electrons. The zero-order chi connectivity index (χ0) is 33.7. The predicted molar refractivity (Wildman–Crippen MR) is 186 cm³/mol. The van der Waals surface area contributed by atoms with Crippen LogP contribution in [0.3, 0.4) is 0 Å². The van der Waals surface area contributed by atoms with Crippen molar-refractivity contribution < 1.29 is 19.1 Å². The van der Waals surface area contributed by atoms with E-state index in [-0.39, 0.29) is 17.9 Å². The van der Waals surface area contributed by atoms with Crippen molar-refractivity contribution in [1.82, 2.24) is 14.7 Å². The van der Waals surface area contributed by atoms with Crippen molar-refractivity contribution in [3.8, 4) is 0 Å². The number of ether oxygens (including phenoxy) is 2. The summed E-state index contributed by atoms with van der Waals surface area (Å²) in [6.07, 6.45) is 17.3. The van der Waals surface area contributed by atoms with Gasteiger partial charge in [0.25, 0.3) is 0 Å². The fourth-order valence-electron chi connectivity index (χ4n) is 6.32. The molecular formula is C37H56N4O4. The van der Waals surface area contributed by atoms with E-state index in [9.17, 15) is 9.59 Å². The summed E-state index contributed by atoms with van der Waals surface area (Å²) in [7, 11) is 6.85. The molecule has 0 bridgehead atoms. The molecule has 248 valence electrons. The van der Waals surface area contributed by atoms with Crippen LogP contribution in [0.5, 0.6) is 0 Å². The summed E-state index contributed by atoms with van der Waals surface area (Å²) < 4.78 is 11.1. The van der Waals surface area contributed by atoms with Crippen molar-refractivity contribution in [3.63, 3.8) is 0 Å². The lowest BCUT2D eigenvalue weighted by Crippen LogP contribution is -2.48. The minimum absolute atomic E-state index is 0.0201. The molecule has 0 aromatic carbocycles. The number of hydrogen-bond acceptors (Lipinski definition) is 5. The predicted octanol–water partition coefficient (Wildman–Crippen LogP) is 7.60. The van der Waals surface area contributed by atoms with Crippen LogP contribution in [0, 0.1) is 5.92 Å². The molecule has 2 heterocycles. The number of carbonyl (C=O) groups excluding carboxylic acids is 2. The number of rotatable bonds is 15. The average molecular weight is 621 g/mol. The third kappa shape index (κ3) is 8.89. The van der Waals surface area contributed by atoms with E-state index in [1.165, 1.54) is 0 Å². The van der Waals surface area contributed by atoms with E-state index in [4.69, 9.17) is 9.47 Å². The molecule has 0 aromatic rings. The minimum Gasteiger partial charge on any atom is -0.501 e. The fourth-order valence-corrected chi connectivity index (χ4v) is 6.32. The monoisotopic (exact) mass is 620 g/mol. The number of methoxy groups -OCH3 is 2. The molecule has 2 aliphatic rings. The van der Waals surface area contributed by atoms with E-state index in [0.717, 1.165) is 47.4 Å². The molecule has 1 fully saturated rings. The standard InChI is InChI=1S/C37H56N4O4/c1-12-15-16-17-28(5)32(18-21-38-8)35(42)39(9)22-20-37(19-13-2)34-24-27(4)23-33(30(7)45-11)31(25-29(6)44-10)26-40(34)36(43)41(37)14-3/h12,15-17,21,24-25,27H,7,13-14,18-20,22-23,26H2,1-6,8-11H3/b15-12-,17-16-,29-25+,32-28-,33-31+,34-24-,38-21?/t27-,37?/m1/s1. The zero-order valence-electron chi connectivity index (χ0n) is 29.4. The first-order chi connectivity index (χ1) is 21.5. The maximum absolute atomic E-state index is 14.3. The molecular weight excluding hydrogens is 564 g/mol. The highest BCUT2D eigenvalue weighted by Gasteiger charge is 2.52. The van der Waals surface area contributed by atoms with Crippen molar-refractivity contribution in [2.45, 2.75) is 79.2 Å². The third-order valence-electron chi connectivity index (χ3n) is 8.76. The number of allylic oxidation sites excluding steroid dienone is 8. The molecule has 2 aliphatic heterocycles. The summed E-state index contributed by atoms with van der Waals surface area (Å²) >= 11 is 0. The van der Waals surface area contributed by atoms with Crippen LogP contribution in [0.15, 0.2) is 87.5 Å². The molecule has 8 nitrogen and oxygen atoms in total. The lowest BCUT2D eigenvalue weighted by Gasteiger charge is -2.39. The lowest BCUT2D eigenvalue weighted by atomic mass is 9.82. The summed E-state index contributed by atoms with van der Waals surface area (Å²) in [4.78, 5) is 38.0. The first kappa shape index (κ1) is 37.4. The molecule has 0 aromatic heterocycles. The molecule has 0 saturated carbocycles. The number of carbonyl (C=O) groups is 2. The van der Waals surface area contributed by atoms with Crippen molar-refractivity contribution >= 4 is 18.2 Å². The van der Waals surface area contributed by atoms with Gasteiger partial charge in [-0.1, -0.05) is 57.2 Å². The fraction of sp³-hybridized carbons (Fsp3) is 0.541. The highest BCUT2D eigenvalue weighted by atomic mass is 16.5.